The number of hydrogen-bond donors (Lipinski definition) is 3. The fourth-order valence-corrected chi connectivity index (χ4v) is 4.23. The summed E-state index contributed by atoms with van der Waals surface area (Å²) in [6.45, 7) is 8.05. The van der Waals surface area contributed by atoms with Gasteiger partial charge in [0.05, 0.1) is 13.2 Å². The minimum absolute atomic E-state index is 0.0638. The summed E-state index contributed by atoms with van der Waals surface area (Å²) in [6.07, 6.45) is 0. The lowest BCUT2D eigenvalue weighted by Gasteiger charge is -2.23. The maximum Gasteiger partial charge on any atom is 0.275 e. The fraction of sp³-hybridized carbons (Fsp3) is 0.346. The molecule has 1 aliphatic heterocycles. The number of rotatable bonds is 8. The molecule has 3 aromatic carbocycles. The van der Waals surface area contributed by atoms with Gasteiger partial charge in [-0.2, -0.15) is 0 Å². The van der Waals surface area contributed by atoms with Crippen molar-refractivity contribution in [3.8, 4) is 0 Å². The number of carbonyl (C=O) groups is 1. The molecule has 1 fully saturated rings. The predicted octanol–water partition coefficient (Wildman–Crippen LogP) is 1.20. The monoisotopic (exact) mass is 419 g/mol. The summed E-state index contributed by atoms with van der Waals surface area (Å²) in [5.41, 5.74) is 3.74. The number of quaternary nitrogens is 2. The molecule has 3 aromatic rings. The molecule has 1 heterocycles. The van der Waals surface area contributed by atoms with Crippen molar-refractivity contribution in [1.82, 2.24) is 5.32 Å². The van der Waals surface area contributed by atoms with Crippen LogP contribution >= 0.6 is 0 Å². The van der Waals surface area contributed by atoms with E-state index in [1.807, 2.05) is 0 Å². The van der Waals surface area contributed by atoms with Crippen LogP contribution in [-0.2, 0) is 22.6 Å². The fourth-order valence-electron chi connectivity index (χ4n) is 4.23. The molecule has 0 spiro atoms. The predicted molar refractivity (Wildman–Crippen MR) is 123 cm³/mol. The van der Waals surface area contributed by atoms with E-state index >= 15 is 0 Å². The molecule has 0 saturated carbocycles. The average molecular weight is 420 g/mol. The minimum Gasteiger partial charge on any atom is -0.370 e. The van der Waals surface area contributed by atoms with E-state index in [9.17, 15) is 4.79 Å². The standard InChI is InChI=1S/C26H31N3O2/c1-20(24-8-4-6-23-5-2-3-7-25(23)24)27-18-26(30)28-17-21-9-11-22(12-10-21)19-29-13-15-31-16-14-29/h2-12,20,27H,13-19H2,1H3,(H,28,30)/p+2/t20-/m0/s1. The van der Waals surface area contributed by atoms with Crippen molar-refractivity contribution in [2.45, 2.75) is 26.1 Å². The van der Waals surface area contributed by atoms with E-state index < -0.39 is 0 Å². The minimum atomic E-state index is 0.0638. The maximum absolute atomic E-state index is 12.4. The summed E-state index contributed by atoms with van der Waals surface area (Å²) in [6, 6.07) is 23.6. The number of benzene rings is 3. The van der Waals surface area contributed by atoms with Crippen LogP contribution in [0.15, 0.2) is 66.7 Å². The average Bonchev–Trinajstić information content (AvgIpc) is 2.82. The summed E-state index contributed by atoms with van der Waals surface area (Å²) >= 11 is 0. The quantitative estimate of drug-likeness (QED) is 0.514. The number of nitrogens with two attached hydrogens (primary N) is 1. The third kappa shape index (κ3) is 5.91. The Kier molecular flexibility index (Phi) is 7.30. The highest BCUT2D eigenvalue weighted by Crippen LogP contribution is 2.21. The van der Waals surface area contributed by atoms with Crippen molar-refractivity contribution in [3.05, 3.63) is 83.4 Å². The smallest absolute Gasteiger partial charge is 0.275 e. The Hall–Kier alpha value is -2.73. The molecule has 0 radical (unpaired) electrons. The summed E-state index contributed by atoms with van der Waals surface area (Å²) in [5.74, 6) is 0.0638. The molecule has 0 aliphatic carbocycles. The second-order valence-corrected chi connectivity index (χ2v) is 8.43. The third-order valence-corrected chi connectivity index (χ3v) is 6.14. The van der Waals surface area contributed by atoms with Crippen LogP contribution in [0, 0.1) is 0 Å². The third-order valence-electron chi connectivity index (χ3n) is 6.14. The summed E-state index contributed by atoms with van der Waals surface area (Å²) in [7, 11) is 0. The number of hydrogen-bond acceptors (Lipinski definition) is 2. The number of ether oxygens (including phenoxy) is 1. The lowest BCUT2D eigenvalue weighted by molar-refractivity contribution is -0.921. The van der Waals surface area contributed by atoms with Crippen LogP contribution in [-0.4, -0.2) is 38.8 Å². The van der Waals surface area contributed by atoms with Crippen molar-refractivity contribution >= 4 is 16.7 Å². The molecule has 1 aliphatic rings. The molecular weight excluding hydrogens is 386 g/mol. The van der Waals surface area contributed by atoms with E-state index in [1.54, 1.807) is 4.90 Å². The molecule has 31 heavy (non-hydrogen) atoms. The number of nitrogens with one attached hydrogen (secondary N) is 2. The largest absolute Gasteiger partial charge is 0.370 e. The maximum atomic E-state index is 12.4. The van der Waals surface area contributed by atoms with E-state index in [0.29, 0.717) is 13.1 Å². The molecule has 4 rings (SSSR count). The number of morpholine rings is 1. The lowest BCUT2D eigenvalue weighted by Crippen LogP contribution is -3.12. The summed E-state index contributed by atoms with van der Waals surface area (Å²) < 4.78 is 5.43. The highest BCUT2D eigenvalue weighted by molar-refractivity contribution is 5.86. The van der Waals surface area contributed by atoms with E-state index in [-0.39, 0.29) is 11.9 Å². The number of fused-ring (bicyclic) bond motifs is 1. The molecule has 0 unspecified atom stereocenters. The summed E-state index contributed by atoms with van der Waals surface area (Å²) in [4.78, 5) is 14.0. The van der Waals surface area contributed by atoms with Gasteiger partial charge in [0.1, 0.15) is 25.7 Å². The number of amides is 1. The normalized spacial score (nSPS) is 15.6. The van der Waals surface area contributed by atoms with Crippen molar-refractivity contribution < 1.29 is 19.7 Å². The van der Waals surface area contributed by atoms with Gasteiger partial charge in [-0.25, -0.2) is 0 Å². The molecule has 5 heteroatoms. The van der Waals surface area contributed by atoms with Crippen molar-refractivity contribution in [1.29, 1.82) is 0 Å². The Labute approximate surface area is 184 Å². The molecule has 5 nitrogen and oxygen atoms in total. The van der Waals surface area contributed by atoms with Gasteiger partial charge in [0.2, 0.25) is 0 Å². The zero-order chi connectivity index (χ0) is 21.5. The molecule has 1 atom stereocenters. The number of carbonyl (C=O) groups excluding carboxylic acids is 1. The molecule has 1 amide bonds. The van der Waals surface area contributed by atoms with Gasteiger partial charge < -0.3 is 20.3 Å². The molecule has 4 N–H and O–H groups in total. The van der Waals surface area contributed by atoms with E-state index in [0.717, 1.165) is 38.4 Å². The first-order chi connectivity index (χ1) is 15.2. The Balaban J connectivity index is 1.23. The Morgan fingerprint density at radius 3 is 2.52 bits per heavy atom. The van der Waals surface area contributed by atoms with Gasteiger partial charge in [-0.1, -0.05) is 66.7 Å². The Bertz CT molecular complexity index is 992. The molecule has 0 aromatic heterocycles. The van der Waals surface area contributed by atoms with Gasteiger partial charge in [-0.05, 0) is 23.3 Å². The molecule has 1 saturated heterocycles. The van der Waals surface area contributed by atoms with Gasteiger partial charge >= 0.3 is 0 Å². The van der Waals surface area contributed by atoms with E-state index in [1.165, 1.54) is 21.9 Å². The van der Waals surface area contributed by atoms with Crippen LogP contribution in [0.5, 0.6) is 0 Å². The molecule has 0 bridgehead atoms. The van der Waals surface area contributed by atoms with Crippen LogP contribution in [0.3, 0.4) is 0 Å². The van der Waals surface area contributed by atoms with E-state index in [2.05, 4.69) is 84.3 Å². The van der Waals surface area contributed by atoms with Gasteiger partial charge in [-0.3, -0.25) is 4.79 Å². The first kappa shape index (κ1) is 21.5. The van der Waals surface area contributed by atoms with Gasteiger partial charge in [0.15, 0.2) is 6.54 Å². The van der Waals surface area contributed by atoms with Crippen LogP contribution in [0.25, 0.3) is 10.8 Å². The van der Waals surface area contributed by atoms with Crippen molar-refractivity contribution in [2.75, 3.05) is 32.8 Å². The highest BCUT2D eigenvalue weighted by atomic mass is 16.5. The Morgan fingerprint density at radius 1 is 1.00 bits per heavy atom. The second-order valence-electron chi connectivity index (χ2n) is 8.43. The lowest BCUT2D eigenvalue weighted by atomic mass is 10.00. The van der Waals surface area contributed by atoms with Crippen molar-refractivity contribution in [3.63, 3.8) is 0 Å². The van der Waals surface area contributed by atoms with Crippen LogP contribution in [0.2, 0.25) is 0 Å². The van der Waals surface area contributed by atoms with Crippen LogP contribution < -0.4 is 15.5 Å². The first-order valence-corrected chi connectivity index (χ1v) is 11.3. The zero-order valence-corrected chi connectivity index (χ0v) is 18.3. The molecule has 162 valence electrons. The Morgan fingerprint density at radius 2 is 1.71 bits per heavy atom. The van der Waals surface area contributed by atoms with Gasteiger partial charge in [-0.15, -0.1) is 0 Å². The van der Waals surface area contributed by atoms with Gasteiger partial charge in [0.25, 0.3) is 5.91 Å². The topological polar surface area (TPSA) is 59.4 Å². The van der Waals surface area contributed by atoms with E-state index in [4.69, 9.17) is 4.74 Å². The van der Waals surface area contributed by atoms with Crippen LogP contribution in [0.4, 0.5) is 0 Å². The second kappa shape index (κ2) is 10.5. The van der Waals surface area contributed by atoms with Gasteiger partial charge in [0, 0.05) is 17.7 Å². The highest BCUT2D eigenvalue weighted by Gasteiger charge is 2.15. The van der Waals surface area contributed by atoms with Crippen LogP contribution in [0.1, 0.15) is 29.7 Å². The SMILES string of the molecule is C[C@H]([NH2+]CC(=O)NCc1ccc(C[NH+]2CCOCC2)cc1)c1cccc2ccccc12. The first-order valence-electron chi connectivity index (χ1n) is 11.3. The molecular formula is C26H33N3O2+2. The van der Waals surface area contributed by atoms with Crippen molar-refractivity contribution in [2.24, 2.45) is 0 Å². The zero-order valence-electron chi connectivity index (χ0n) is 18.3. The summed E-state index contributed by atoms with van der Waals surface area (Å²) in [5, 5.41) is 7.65.